The van der Waals surface area contributed by atoms with E-state index in [2.05, 4.69) is 39.6 Å². The van der Waals surface area contributed by atoms with E-state index in [-0.39, 0.29) is 11.2 Å². The molecule has 0 rings (SSSR count). The lowest BCUT2D eigenvalue weighted by atomic mass is 10.1. The number of nitrogens with zero attached hydrogens (tertiary/aromatic N) is 1. The number of rotatable bonds is 6. The van der Waals surface area contributed by atoms with Crippen LogP contribution in [0.3, 0.4) is 0 Å². The maximum Gasteiger partial charge on any atom is 0.0748 e. The van der Waals surface area contributed by atoms with Crippen LogP contribution in [-0.4, -0.2) is 50.5 Å². The first kappa shape index (κ1) is 13.9. The second-order valence-corrected chi connectivity index (χ2v) is 5.10. The summed E-state index contributed by atoms with van der Waals surface area (Å²) in [4.78, 5) is 2.23. The molecule has 0 aliphatic rings. The minimum atomic E-state index is -0.0986. The molecule has 0 fully saturated rings. The van der Waals surface area contributed by atoms with Gasteiger partial charge in [0, 0.05) is 27.3 Å². The normalized spacial score (nSPS) is 13.7. The molecule has 0 atom stereocenters. The van der Waals surface area contributed by atoms with Crippen LogP contribution in [0.15, 0.2) is 0 Å². The lowest BCUT2D eigenvalue weighted by Gasteiger charge is -2.34. The molecule has 0 aromatic rings. The van der Waals surface area contributed by atoms with Gasteiger partial charge in [-0.2, -0.15) is 0 Å². The number of methoxy groups -OCH3 is 2. The van der Waals surface area contributed by atoms with Gasteiger partial charge in [-0.1, -0.05) is 0 Å². The van der Waals surface area contributed by atoms with Gasteiger partial charge in [0.15, 0.2) is 0 Å². The second kappa shape index (κ2) is 5.10. The highest BCUT2D eigenvalue weighted by atomic mass is 16.5. The molecular formula is C11H25NO2. The van der Waals surface area contributed by atoms with Crippen LogP contribution in [0.5, 0.6) is 0 Å². The van der Waals surface area contributed by atoms with E-state index in [1.807, 2.05) is 0 Å². The topological polar surface area (TPSA) is 21.7 Å². The quantitative estimate of drug-likeness (QED) is 0.656. The van der Waals surface area contributed by atoms with Crippen molar-refractivity contribution in [2.45, 2.75) is 38.9 Å². The van der Waals surface area contributed by atoms with E-state index in [0.717, 1.165) is 13.1 Å². The monoisotopic (exact) mass is 203 g/mol. The molecule has 14 heavy (non-hydrogen) atoms. The van der Waals surface area contributed by atoms with E-state index < -0.39 is 0 Å². The van der Waals surface area contributed by atoms with Crippen molar-refractivity contribution in [3.63, 3.8) is 0 Å². The minimum Gasteiger partial charge on any atom is -0.377 e. The van der Waals surface area contributed by atoms with E-state index in [0.29, 0.717) is 0 Å². The van der Waals surface area contributed by atoms with Gasteiger partial charge in [-0.3, -0.25) is 0 Å². The molecule has 0 saturated heterocycles. The molecule has 0 aromatic carbocycles. The molecule has 0 unspecified atom stereocenters. The smallest absolute Gasteiger partial charge is 0.0748 e. The van der Waals surface area contributed by atoms with Crippen LogP contribution in [0.4, 0.5) is 0 Å². The molecule has 0 heterocycles. The first-order chi connectivity index (χ1) is 6.22. The Morgan fingerprint density at radius 2 is 1.14 bits per heavy atom. The molecule has 0 saturated carbocycles. The third kappa shape index (κ3) is 5.58. The predicted octanol–water partition coefficient (Wildman–Crippen LogP) is 1.77. The van der Waals surface area contributed by atoms with Gasteiger partial charge in [0.05, 0.1) is 11.2 Å². The van der Waals surface area contributed by atoms with Crippen molar-refractivity contribution in [2.24, 2.45) is 0 Å². The van der Waals surface area contributed by atoms with Crippen molar-refractivity contribution >= 4 is 0 Å². The van der Waals surface area contributed by atoms with Crippen LogP contribution in [0, 0.1) is 0 Å². The third-order valence-corrected chi connectivity index (χ3v) is 2.41. The molecule has 0 bridgehead atoms. The first-order valence-corrected chi connectivity index (χ1v) is 5.01. The van der Waals surface area contributed by atoms with E-state index in [9.17, 15) is 0 Å². The summed E-state index contributed by atoms with van der Waals surface area (Å²) in [6, 6.07) is 0. The largest absolute Gasteiger partial charge is 0.377 e. The van der Waals surface area contributed by atoms with Gasteiger partial charge in [0.25, 0.3) is 0 Å². The summed E-state index contributed by atoms with van der Waals surface area (Å²) in [7, 11) is 5.58. The van der Waals surface area contributed by atoms with Crippen molar-refractivity contribution in [2.75, 3.05) is 34.4 Å². The van der Waals surface area contributed by atoms with E-state index in [4.69, 9.17) is 9.47 Å². The Bertz CT molecular complexity index is 149. The minimum absolute atomic E-state index is 0.0986. The zero-order valence-corrected chi connectivity index (χ0v) is 10.7. The molecule has 0 amide bonds. The second-order valence-electron chi connectivity index (χ2n) is 5.10. The van der Waals surface area contributed by atoms with Gasteiger partial charge >= 0.3 is 0 Å². The van der Waals surface area contributed by atoms with Gasteiger partial charge in [0.2, 0.25) is 0 Å². The SMILES string of the molecule is COC(C)(C)CN(C)CC(C)(C)OC. The van der Waals surface area contributed by atoms with Crippen LogP contribution in [0.25, 0.3) is 0 Å². The maximum atomic E-state index is 5.37. The predicted molar refractivity (Wildman–Crippen MR) is 59.7 cm³/mol. The molecule has 86 valence electrons. The highest BCUT2D eigenvalue weighted by molar-refractivity contribution is 4.77. The molecular weight excluding hydrogens is 178 g/mol. The molecule has 3 nitrogen and oxygen atoms in total. The van der Waals surface area contributed by atoms with E-state index in [1.165, 1.54) is 0 Å². The number of hydrogen-bond acceptors (Lipinski definition) is 3. The number of hydrogen-bond donors (Lipinski definition) is 0. The third-order valence-electron chi connectivity index (χ3n) is 2.41. The average molecular weight is 203 g/mol. The standard InChI is InChI=1S/C11H25NO2/c1-10(2,13-6)8-12(5)9-11(3,4)14-7/h8-9H2,1-7H3. The molecule has 0 aliphatic heterocycles. The van der Waals surface area contributed by atoms with Crippen LogP contribution in [0.1, 0.15) is 27.7 Å². The molecule has 0 N–H and O–H groups in total. The Labute approximate surface area is 88.4 Å². The molecule has 0 spiro atoms. The number of ether oxygens (including phenoxy) is 2. The summed E-state index contributed by atoms with van der Waals surface area (Å²) >= 11 is 0. The van der Waals surface area contributed by atoms with E-state index >= 15 is 0 Å². The Hall–Kier alpha value is -0.120. The zero-order chi connectivity index (χ0) is 11.4. The van der Waals surface area contributed by atoms with Crippen LogP contribution in [0.2, 0.25) is 0 Å². The fourth-order valence-electron chi connectivity index (χ4n) is 1.49. The van der Waals surface area contributed by atoms with Gasteiger partial charge in [-0.15, -0.1) is 0 Å². The summed E-state index contributed by atoms with van der Waals surface area (Å²) in [5, 5.41) is 0. The number of likely N-dealkylation sites (N-methyl/N-ethyl adjacent to an activating group) is 1. The van der Waals surface area contributed by atoms with Crippen molar-refractivity contribution in [1.82, 2.24) is 4.90 Å². The lowest BCUT2D eigenvalue weighted by Crippen LogP contribution is -2.44. The van der Waals surface area contributed by atoms with Gasteiger partial charge < -0.3 is 14.4 Å². The zero-order valence-electron chi connectivity index (χ0n) is 10.7. The molecule has 0 aromatic heterocycles. The van der Waals surface area contributed by atoms with Crippen molar-refractivity contribution in [3.05, 3.63) is 0 Å². The Balaban J connectivity index is 4.04. The molecule has 0 aliphatic carbocycles. The van der Waals surface area contributed by atoms with Crippen LogP contribution < -0.4 is 0 Å². The summed E-state index contributed by atoms with van der Waals surface area (Å²) in [5.74, 6) is 0. The summed E-state index contributed by atoms with van der Waals surface area (Å²) in [6.45, 7) is 10.1. The van der Waals surface area contributed by atoms with Crippen molar-refractivity contribution in [3.8, 4) is 0 Å². The molecule has 3 heteroatoms. The summed E-state index contributed by atoms with van der Waals surface area (Å²) < 4.78 is 10.7. The molecule has 0 radical (unpaired) electrons. The lowest BCUT2D eigenvalue weighted by molar-refractivity contribution is -0.0375. The van der Waals surface area contributed by atoms with Crippen molar-refractivity contribution < 1.29 is 9.47 Å². The maximum absolute atomic E-state index is 5.37. The Morgan fingerprint density at radius 3 is 1.36 bits per heavy atom. The van der Waals surface area contributed by atoms with Gasteiger partial charge in [0.1, 0.15) is 0 Å². The summed E-state index contributed by atoms with van der Waals surface area (Å²) in [5.41, 5.74) is -0.197. The highest BCUT2D eigenvalue weighted by Gasteiger charge is 2.24. The fourth-order valence-corrected chi connectivity index (χ4v) is 1.49. The first-order valence-electron chi connectivity index (χ1n) is 5.01. The van der Waals surface area contributed by atoms with Crippen molar-refractivity contribution in [1.29, 1.82) is 0 Å². The average Bonchev–Trinajstić information content (AvgIpc) is 2.02. The van der Waals surface area contributed by atoms with E-state index in [1.54, 1.807) is 14.2 Å². The van der Waals surface area contributed by atoms with Gasteiger partial charge in [-0.05, 0) is 34.7 Å². The van der Waals surface area contributed by atoms with Crippen LogP contribution >= 0.6 is 0 Å². The highest BCUT2D eigenvalue weighted by Crippen LogP contribution is 2.13. The Morgan fingerprint density at radius 1 is 0.857 bits per heavy atom. The van der Waals surface area contributed by atoms with Crippen LogP contribution in [-0.2, 0) is 9.47 Å². The Kier molecular flexibility index (Phi) is 5.06. The summed E-state index contributed by atoms with van der Waals surface area (Å²) in [6.07, 6.45) is 0. The van der Waals surface area contributed by atoms with Gasteiger partial charge in [-0.25, -0.2) is 0 Å². The fraction of sp³-hybridized carbons (Fsp3) is 1.00.